The molecule has 0 atom stereocenters. The van der Waals surface area contributed by atoms with E-state index in [0.29, 0.717) is 0 Å². The molecule has 9 aromatic carbocycles. The van der Waals surface area contributed by atoms with E-state index in [0.717, 1.165) is 17.2 Å². The van der Waals surface area contributed by atoms with Gasteiger partial charge in [0.05, 0.1) is 16.4 Å². The summed E-state index contributed by atoms with van der Waals surface area (Å²) < 4.78 is 8.49. The molecule has 0 radical (unpaired) electrons. The summed E-state index contributed by atoms with van der Waals surface area (Å²) in [7, 11) is 0. The third-order valence-corrected chi connectivity index (χ3v) is 12.8. The maximum absolute atomic E-state index is 6.12. The topological polar surface area (TPSA) is 14.2 Å². The first-order valence-electron chi connectivity index (χ1n) is 20.8. The van der Waals surface area contributed by atoms with E-state index >= 15 is 0 Å². The van der Waals surface area contributed by atoms with Crippen LogP contribution in [-0.4, -0.2) is 4.57 Å². The van der Waals surface area contributed by atoms with Crippen molar-refractivity contribution >= 4 is 21.8 Å². The second-order valence-electron chi connectivity index (χ2n) is 16.5. The van der Waals surface area contributed by atoms with E-state index in [1.807, 2.05) is 30.3 Å². The summed E-state index contributed by atoms with van der Waals surface area (Å²) in [6, 6.07) is 81.4. The van der Waals surface area contributed by atoms with Gasteiger partial charge in [0, 0.05) is 21.9 Å². The molecular weight excluding hydrogens is 727 g/mol. The molecule has 1 aromatic heterocycles. The predicted molar refractivity (Wildman–Crippen MR) is 249 cm³/mol. The Kier molecular flexibility index (Phi) is 8.42. The van der Waals surface area contributed by atoms with Crippen molar-refractivity contribution in [3.8, 4) is 39.4 Å². The highest BCUT2D eigenvalue weighted by atomic mass is 16.5. The van der Waals surface area contributed by atoms with E-state index < -0.39 is 5.41 Å². The Morgan fingerprint density at radius 3 is 1.50 bits per heavy atom. The van der Waals surface area contributed by atoms with Gasteiger partial charge in [-0.2, -0.15) is 0 Å². The van der Waals surface area contributed by atoms with E-state index in [1.54, 1.807) is 0 Å². The lowest BCUT2D eigenvalue weighted by Crippen LogP contribution is -2.31. The van der Waals surface area contributed by atoms with Crippen LogP contribution in [0.2, 0.25) is 0 Å². The molecule has 1 heterocycles. The Balaban J connectivity index is 0.997. The quantitative estimate of drug-likeness (QED) is 0.140. The molecule has 0 amide bonds. The van der Waals surface area contributed by atoms with Crippen LogP contribution in [0, 0.1) is 0 Å². The fraction of sp³-hybridized carbons (Fsp3) is 0.0690. The highest BCUT2D eigenvalue weighted by Crippen LogP contribution is 2.53. The third-order valence-electron chi connectivity index (χ3n) is 12.8. The number of para-hydroxylation sites is 2. The van der Waals surface area contributed by atoms with Crippen molar-refractivity contribution in [3.63, 3.8) is 0 Å². The number of rotatable bonds is 8. The maximum atomic E-state index is 6.12. The SMILES string of the molecule is CC1(C)c2cc(-c3ccc4c(c3)c3ccccc3n4-c3ccc(Oc4ccccc4)cc3)ccc2-c2ccc(C(c3ccccc3)(c3ccccc3)c3ccccc3)cc21. The van der Waals surface area contributed by atoms with Crippen LogP contribution in [0.1, 0.15) is 47.2 Å². The van der Waals surface area contributed by atoms with E-state index in [2.05, 4.69) is 213 Å². The summed E-state index contributed by atoms with van der Waals surface area (Å²) >= 11 is 0. The molecule has 1 aliphatic rings. The Morgan fingerprint density at radius 2 is 0.867 bits per heavy atom. The van der Waals surface area contributed by atoms with E-state index in [-0.39, 0.29) is 5.41 Å². The summed E-state index contributed by atoms with van der Waals surface area (Å²) in [6.45, 7) is 4.79. The van der Waals surface area contributed by atoms with Crippen molar-refractivity contribution in [2.24, 2.45) is 0 Å². The maximum Gasteiger partial charge on any atom is 0.127 e. The number of hydrogen-bond acceptors (Lipinski definition) is 1. The Hall–Kier alpha value is -7.42. The molecule has 1 aliphatic carbocycles. The van der Waals surface area contributed by atoms with Gasteiger partial charge in [-0.05, 0) is 116 Å². The van der Waals surface area contributed by atoms with Gasteiger partial charge in [-0.15, -0.1) is 0 Å². The number of ether oxygens (including phenoxy) is 1. The standard InChI is InChI=1S/C58H43NO/c1-57(2)53-38-41(40-28-36-56-52(37-40)51-25-15-16-26-55(51)59(56)46-30-32-48(33-31-46)60-47-23-13-6-14-24-47)27-34-49(53)50-35-29-45(39-54(50)57)58(42-17-7-3-8-18-42,43-19-9-4-10-20-43)44-21-11-5-12-22-44/h3-39H,1-2H3. The van der Waals surface area contributed by atoms with Gasteiger partial charge >= 0.3 is 0 Å². The van der Waals surface area contributed by atoms with Gasteiger partial charge < -0.3 is 9.30 Å². The van der Waals surface area contributed by atoms with Crippen molar-refractivity contribution < 1.29 is 4.74 Å². The summed E-state index contributed by atoms with van der Waals surface area (Å²) in [5.41, 5.74) is 15.5. The van der Waals surface area contributed by atoms with E-state index in [9.17, 15) is 0 Å². The van der Waals surface area contributed by atoms with Gasteiger partial charge in [-0.25, -0.2) is 0 Å². The highest BCUT2D eigenvalue weighted by Gasteiger charge is 2.42. The Labute approximate surface area is 351 Å². The molecule has 11 rings (SSSR count). The average molecular weight is 770 g/mol. The average Bonchev–Trinajstić information content (AvgIpc) is 3.75. The predicted octanol–water partition coefficient (Wildman–Crippen LogP) is 14.9. The van der Waals surface area contributed by atoms with Crippen molar-refractivity contribution in [1.82, 2.24) is 4.57 Å². The van der Waals surface area contributed by atoms with Crippen molar-refractivity contribution in [2.75, 3.05) is 0 Å². The molecule has 10 aromatic rings. The Morgan fingerprint density at radius 1 is 0.383 bits per heavy atom. The minimum absolute atomic E-state index is 0.219. The summed E-state index contributed by atoms with van der Waals surface area (Å²) in [6.07, 6.45) is 0. The first-order chi connectivity index (χ1) is 29.5. The lowest BCUT2D eigenvalue weighted by molar-refractivity contribution is 0.482. The van der Waals surface area contributed by atoms with E-state index in [1.165, 1.54) is 77.4 Å². The minimum Gasteiger partial charge on any atom is -0.457 e. The molecule has 0 saturated heterocycles. The van der Waals surface area contributed by atoms with Crippen molar-refractivity contribution in [1.29, 1.82) is 0 Å². The van der Waals surface area contributed by atoms with Crippen LogP contribution in [0.3, 0.4) is 0 Å². The normalized spacial score (nSPS) is 13.0. The fourth-order valence-corrected chi connectivity index (χ4v) is 9.93. The van der Waals surface area contributed by atoms with Crippen LogP contribution in [0.5, 0.6) is 11.5 Å². The molecule has 0 saturated carbocycles. The zero-order valence-electron chi connectivity index (χ0n) is 33.7. The van der Waals surface area contributed by atoms with Crippen molar-refractivity contribution in [2.45, 2.75) is 24.7 Å². The molecular formula is C58H43NO. The first kappa shape index (κ1) is 35.7. The Bertz CT molecular complexity index is 3070. The molecule has 0 aliphatic heterocycles. The van der Waals surface area contributed by atoms with Crippen LogP contribution >= 0.6 is 0 Å². The van der Waals surface area contributed by atoms with E-state index in [4.69, 9.17) is 4.74 Å². The molecule has 286 valence electrons. The molecule has 60 heavy (non-hydrogen) atoms. The summed E-state index contributed by atoms with van der Waals surface area (Å²) in [4.78, 5) is 0. The van der Waals surface area contributed by atoms with Gasteiger partial charge in [0.2, 0.25) is 0 Å². The second kappa shape index (κ2) is 14.1. The molecule has 2 nitrogen and oxygen atoms in total. The van der Waals surface area contributed by atoms with Gasteiger partial charge in [0.1, 0.15) is 11.5 Å². The van der Waals surface area contributed by atoms with Crippen LogP contribution < -0.4 is 4.74 Å². The van der Waals surface area contributed by atoms with Gasteiger partial charge in [-0.1, -0.05) is 178 Å². The number of hydrogen-bond donors (Lipinski definition) is 0. The molecule has 2 heteroatoms. The number of benzene rings is 9. The summed E-state index contributed by atoms with van der Waals surface area (Å²) in [5, 5.41) is 2.47. The number of fused-ring (bicyclic) bond motifs is 6. The van der Waals surface area contributed by atoms with Crippen LogP contribution in [-0.2, 0) is 10.8 Å². The molecule has 0 unspecified atom stereocenters. The minimum atomic E-state index is -0.499. The van der Waals surface area contributed by atoms with Crippen LogP contribution in [0.25, 0.3) is 49.7 Å². The highest BCUT2D eigenvalue weighted by molar-refractivity contribution is 6.10. The summed E-state index contributed by atoms with van der Waals surface area (Å²) in [5.74, 6) is 1.64. The molecule has 0 bridgehead atoms. The zero-order chi connectivity index (χ0) is 40.3. The lowest BCUT2D eigenvalue weighted by Gasteiger charge is -2.37. The lowest BCUT2D eigenvalue weighted by atomic mass is 9.64. The van der Waals surface area contributed by atoms with Gasteiger partial charge in [0.15, 0.2) is 0 Å². The van der Waals surface area contributed by atoms with Crippen LogP contribution in [0.15, 0.2) is 224 Å². The fourth-order valence-electron chi connectivity index (χ4n) is 9.93. The first-order valence-corrected chi connectivity index (χ1v) is 20.8. The molecule has 0 fully saturated rings. The second-order valence-corrected chi connectivity index (χ2v) is 16.5. The van der Waals surface area contributed by atoms with Crippen molar-refractivity contribution in [3.05, 3.63) is 258 Å². The molecule has 0 N–H and O–H groups in total. The molecule has 0 spiro atoms. The smallest absolute Gasteiger partial charge is 0.127 e. The third kappa shape index (κ3) is 5.63. The van der Waals surface area contributed by atoms with Gasteiger partial charge in [0.25, 0.3) is 0 Å². The van der Waals surface area contributed by atoms with Gasteiger partial charge in [-0.3, -0.25) is 0 Å². The zero-order valence-corrected chi connectivity index (χ0v) is 33.7. The monoisotopic (exact) mass is 769 g/mol. The number of nitrogens with zero attached hydrogens (tertiary/aromatic N) is 1. The number of aromatic nitrogens is 1. The van der Waals surface area contributed by atoms with Crippen LogP contribution in [0.4, 0.5) is 0 Å². The largest absolute Gasteiger partial charge is 0.457 e.